The number of nitrogens with two attached hydrogens (primary N) is 2. The van der Waals surface area contributed by atoms with E-state index in [2.05, 4.69) is 9.46 Å². The van der Waals surface area contributed by atoms with Crippen molar-refractivity contribution >= 4 is 21.8 Å². The molecule has 9 heteroatoms. The van der Waals surface area contributed by atoms with Gasteiger partial charge in [0.1, 0.15) is 17.3 Å². The van der Waals surface area contributed by atoms with Gasteiger partial charge < -0.3 is 20.9 Å². The first kappa shape index (κ1) is 16.1. The molecule has 0 heterocycles. The molecule has 0 unspecified atom stereocenters. The molecule has 0 saturated carbocycles. The molecule has 0 aromatic heterocycles. The lowest BCUT2D eigenvalue weighted by Gasteiger charge is -2.13. The monoisotopic (exact) mass is 303 g/mol. The molecule has 1 aromatic rings. The van der Waals surface area contributed by atoms with E-state index in [9.17, 15) is 13.2 Å². The molecule has 0 fully saturated rings. The number of rotatable bonds is 6. The fraction of sp³-hybridized carbons (Fsp3) is 0.364. The zero-order valence-corrected chi connectivity index (χ0v) is 12.0. The summed E-state index contributed by atoms with van der Waals surface area (Å²) in [5.74, 6) is 0.181. The van der Waals surface area contributed by atoms with Gasteiger partial charge in [-0.1, -0.05) is 0 Å². The van der Waals surface area contributed by atoms with Crippen LogP contribution in [0.25, 0.3) is 0 Å². The Morgan fingerprint density at radius 3 is 2.60 bits per heavy atom. The van der Waals surface area contributed by atoms with Crippen LogP contribution in [0.15, 0.2) is 17.0 Å². The van der Waals surface area contributed by atoms with Crippen molar-refractivity contribution in [1.29, 1.82) is 0 Å². The highest BCUT2D eigenvalue weighted by atomic mass is 32.2. The highest BCUT2D eigenvalue weighted by molar-refractivity contribution is 7.89. The molecule has 5 N–H and O–H groups in total. The van der Waals surface area contributed by atoms with Gasteiger partial charge in [0.15, 0.2) is 0 Å². The highest BCUT2D eigenvalue weighted by Gasteiger charge is 2.20. The predicted molar refractivity (Wildman–Crippen MR) is 72.9 cm³/mol. The van der Waals surface area contributed by atoms with Crippen molar-refractivity contribution in [2.45, 2.75) is 11.8 Å². The second-order valence-electron chi connectivity index (χ2n) is 3.92. The van der Waals surface area contributed by atoms with Crippen LogP contribution in [0.3, 0.4) is 0 Å². The van der Waals surface area contributed by atoms with Crippen LogP contribution in [-0.4, -0.2) is 34.8 Å². The summed E-state index contributed by atoms with van der Waals surface area (Å²) in [4.78, 5) is 10.3. The van der Waals surface area contributed by atoms with Crippen LogP contribution in [-0.2, 0) is 14.8 Å². The minimum absolute atomic E-state index is 0.0813. The Balaban J connectivity index is 2.92. The van der Waals surface area contributed by atoms with E-state index in [1.165, 1.54) is 19.2 Å². The lowest BCUT2D eigenvalue weighted by atomic mass is 10.2. The number of ether oxygens (including phenoxy) is 2. The van der Waals surface area contributed by atoms with E-state index in [-0.39, 0.29) is 23.8 Å². The van der Waals surface area contributed by atoms with Gasteiger partial charge in [0, 0.05) is 12.2 Å². The maximum Gasteiger partial charge on any atom is 0.404 e. The van der Waals surface area contributed by atoms with Crippen molar-refractivity contribution in [2.75, 3.05) is 26.0 Å². The second kappa shape index (κ2) is 6.44. The van der Waals surface area contributed by atoms with Crippen LogP contribution in [0.1, 0.15) is 5.56 Å². The molecule has 0 aliphatic heterocycles. The Morgan fingerprint density at radius 2 is 2.05 bits per heavy atom. The average molecular weight is 303 g/mol. The van der Waals surface area contributed by atoms with Gasteiger partial charge >= 0.3 is 6.09 Å². The summed E-state index contributed by atoms with van der Waals surface area (Å²) in [5, 5.41) is 0. The number of nitrogens with one attached hydrogen (secondary N) is 1. The number of primary amides is 1. The summed E-state index contributed by atoms with van der Waals surface area (Å²) in [7, 11) is -2.47. The van der Waals surface area contributed by atoms with E-state index >= 15 is 0 Å². The third-order valence-corrected chi connectivity index (χ3v) is 3.96. The summed E-state index contributed by atoms with van der Waals surface area (Å²) in [6.07, 6.45) is -0.971. The van der Waals surface area contributed by atoms with Crippen molar-refractivity contribution in [3.63, 3.8) is 0 Å². The molecular weight excluding hydrogens is 286 g/mol. The number of aryl methyl sites for hydroxylation is 1. The third kappa shape index (κ3) is 4.00. The largest absolute Gasteiger partial charge is 0.495 e. The lowest BCUT2D eigenvalue weighted by molar-refractivity contribution is 0.159. The van der Waals surface area contributed by atoms with Gasteiger partial charge in [-0.2, -0.15) is 0 Å². The number of carbonyl (C=O) groups excluding carboxylic acids is 1. The molecule has 112 valence electrons. The Morgan fingerprint density at radius 1 is 1.40 bits per heavy atom. The number of sulfonamides is 1. The van der Waals surface area contributed by atoms with Gasteiger partial charge in [0.05, 0.1) is 7.11 Å². The molecule has 0 radical (unpaired) electrons. The first-order valence-electron chi connectivity index (χ1n) is 5.64. The number of hydrogen-bond acceptors (Lipinski definition) is 6. The standard InChI is InChI=1S/C11H17N3O5S/c1-7-5-9(18-2)10(6-8(7)12)20(16,17)14-3-4-19-11(13)15/h5-6,14H,3-4,12H2,1-2H3,(H2,13,15). The summed E-state index contributed by atoms with van der Waals surface area (Å²) in [5.41, 5.74) is 11.5. The average Bonchev–Trinajstić information content (AvgIpc) is 2.37. The fourth-order valence-electron chi connectivity index (χ4n) is 1.45. The van der Waals surface area contributed by atoms with Crippen molar-refractivity contribution in [1.82, 2.24) is 4.72 Å². The quantitative estimate of drug-likeness (QED) is 0.498. The number of amides is 1. The highest BCUT2D eigenvalue weighted by Crippen LogP contribution is 2.28. The van der Waals surface area contributed by atoms with Crippen LogP contribution in [0.4, 0.5) is 10.5 Å². The molecule has 8 nitrogen and oxygen atoms in total. The van der Waals surface area contributed by atoms with Crippen LogP contribution >= 0.6 is 0 Å². The van der Waals surface area contributed by atoms with Crippen molar-refractivity contribution in [2.24, 2.45) is 5.73 Å². The van der Waals surface area contributed by atoms with Gasteiger partial charge in [-0.25, -0.2) is 17.9 Å². The van der Waals surface area contributed by atoms with E-state index in [0.717, 1.165) is 0 Å². The topological polar surface area (TPSA) is 134 Å². The normalized spacial score (nSPS) is 11.1. The van der Waals surface area contributed by atoms with Gasteiger partial charge in [-0.15, -0.1) is 0 Å². The van der Waals surface area contributed by atoms with E-state index < -0.39 is 16.1 Å². The Hall–Kier alpha value is -2.00. The molecule has 1 rings (SSSR count). The SMILES string of the molecule is COc1cc(C)c(N)cc1S(=O)(=O)NCCOC(N)=O. The lowest BCUT2D eigenvalue weighted by Crippen LogP contribution is -2.29. The van der Waals surface area contributed by atoms with E-state index in [0.29, 0.717) is 11.3 Å². The molecular formula is C11H17N3O5S. The number of nitrogen functional groups attached to an aromatic ring is 1. The van der Waals surface area contributed by atoms with Gasteiger partial charge in [0.25, 0.3) is 0 Å². The molecule has 1 amide bonds. The maximum atomic E-state index is 12.1. The van der Waals surface area contributed by atoms with Crippen molar-refractivity contribution in [3.8, 4) is 5.75 Å². The summed E-state index contributed by atoms with van der Waals surface area (Å²) >= 11 is 0. The molecule has 0 atom stereocenters. The van der Waals surface area contributed by atoms with Crippen LogP contribution in [0.5, 0.6) is 5.75 Å². The van der Waals surface area contributed by atoms with Gasteiger partial charge in [-0.3, -0.25) is 0 Å². The van der Waals surface area contributed by atoms with E-state index in [4.69, 9.17) is 16.2 Å². The zero-order valence-electron chi connectivity index (χ0n) is 11.2. The summed E-state index contributed by atoms with van der Waals surface area (Å²) in [6, 6.07) is 2.84. The molecule has 20 heavy (non-hydrogen) atoms. The zero-order chi connectivity index (χ0) is 15.3. The smallest absolute Gasteiger partial charge is 0.404 e. The molecule has 0 aliphatic rings. The molecule has 0 spiro atoms. The maximum absolute atomic E-state index is 12.1. The predicted octanol–water partition coefficient (Wildman–Crippen LogP) is -0.0406. The first-order valence-corrected chi connectivity index (χ1v) is 7.12. The van der Waals surface area contributed by atoms with E-state index in [1.807, 2.05) is 0 Å². The minimum atomic E-state index is -3.83. The van der Waals surface area contributed by atoms with E-state index in [1.54, 1.807) is 6.92 Å². The Labute approximate surface area is 117 Å². The number of benzene rings is 1. The molecule has 0 saturated heterocycles. The summed E-state index contributed by atoms with van der Waals surface area (Å²) < 4.78 is 35.9. The Kier molecular flexibility index (Phi) is 5.17. The van der Waals surface area contributed by atoms with Crippen molar-refractivity contribution < 1.29 is 22.7 Å². The third-order valence-electron chi connectivity index (χ3n) is 2.48. The summed E-state index contributed by atoms with van der Waals surface area (Å²) in [6.45, 7) is 1.46. The van der Waals surface area contributed by atoms with Crippen LogP contribution in [0.2, 0.25) is 0 Å². The minimum Gasteiger partial charge on any atom is -0.495 e. The van der Waals surface area contributed by atoms with Crippen molar-refractivity contribution in [3.05, 3.63) is 17.7 Å². The van der Waals surface area contributed by atoms with Gasteiger partial charge in [0.2, 0.25) is 10.0 Å². The number of hydrogen-bond donors (Lipinski definition) is 3. The first-order chi connectivity index (χ1) is 9.27. The number of methoxy groups -OCH3 is 1. The fourth-order valence-corrected chi connectivity index (χ4v) is 2.65. The number of anilines is 1. The molecule has 1 aromatic carbocycles. The van der Waals surface area contributed by atoms with Crippen LogP contribution < -0.4 is 20.9 Å². The Bertz CT molecular complexity index is 600. The molecule has 0 aliphatic carbocycles. The molecule has 0 bridgehead atoms. The van der Waals surface area contributed by atoms with Crippen LogP contribution in [0, 0.1) is 6.92 Å². The number of carbonyl (C=O) groups is 1. The second-order valence-corrected chi connectivity index (χ2v) is 5.66. The van der Waals surface area contributed by atoms with Gasteiger partial charge in [-0.05, 0) is 24.6 Å².